The molecule has 0 N–H and O–H groups in total. The van der Waals surface area contributed by atoms with E-state index in [1.807, 2.05) is 42.5 Å². The second kappa shape index (κ2) is 7.40. The standard InChI is InChI=1S/C16H13O.Y/c1-13(17)7-8-14-9-11-16(12-10-14)15-5-3-2-4-6-15;/h3-12H,1H3;/q-1;. The second-order valence-corrected chi connectivity index (χ2v) is 3.85. The molecule has 0 fully saturated rings. The van der Waals surface area contributed by atoms with E-state index in [4.69, 9.17) is 0 Å². The third-order valence-electron chi connectivity index (χ3n) is 2.47. The topological polar surface area (TPSA) is 17.1 Å². The van der Waals surface area contributed by atoms with E-state index in [0.717, 1.165) is 5.56 Å². The Bertz CT molecular complexity index is 527. The summed E-state index contributed by atoms with van der Waals surface area (Å²) < 4.78 is 0. The van der Waals surface area contributed by atoms with Crippen LogP contribution in [0.2, 0.25) is 0 Å². The molecule has 0 aliphatic rings. The van der Waals surface area contributed by atoms with Gasteiger partial charge in [-0.25, -0.2) is 0 Å². The molecule has 0 bridgehead atoms. The normalized spacial score (nSPS) is 10.1. The van der Waals surface area contributed by atoms with E-state index < -0.39 is 0 Å². The SMILES string of the molecule is CC(=O)C=Cc1ccc(-c2cc[c-]cc2)cc1.[Y]. The number of carbonyl (C=O) groups excluding carboxylic acids is 1. The van der Waals surface area contributed by atoms with Crippen LogP contribution in [0.1, 0.15) is 12.5 Å². The minimum Gasteiger partial charge on any atom is -0.295 e. The van der Waals surface area contributed by atoms with E-state index in [1.54, 1.807) is 13.0 Å². The number of ketones is 1. The van der Waals surface area contributed by atoms with Crippen molar-refractivity contribution in [2.45, 2.75) is 6.92 Å². The molecule has 1 radical (unpaired) electrons. The second-order valence-electron chi connectivity index (χ2n) is 3.85. The maximum atomic E-state index is 10.8. The first kappa shape index (κ1) is 15.0. The Morgan fingerprint density at radius 1 is 1.00 bits per heavy atom. The van der Waals surface area contributed by atoms with Gasteiger partial charge in [-0.1, -0.05) is 30.3 Å². The fraction of sp³-hybridized carbons (Fsp3) is 0.0625. The van der Waals surface area contributed by atoms with Gasteiger partial charge in [0.15, 0.2) is 5.78 Å². The largest absolute Gasteiger partial charge is 0.295 e. The monoisotopic (exact) mass is 310 g/mol. The molecule has 2 rings (SSSR count). The molecule has 0 amide bonds. The molecule has 1 nitrogen and oxygen atoms in total. The molecule has 2 aromatic carbocycles. The van der Waals surface area contributed by atoms with E-state index in [1.165, 1.54) is 11.1 Å². The molecule has 18 heavy (non-hydrogen) atoms. The van der Waals surface area contributed by atoms with Crippen molar-refractivity contribution in [2.75, 3.05) is 0 Å². The number of benzene rings is 2. The zero-order valence-electron chi connectivity index (χ0n) is 10.3. The van der Waals surface area contributed by atoms with Gasteiger partial charge in [0, 0.05) is 32.7 Å². The molecule has 0 atom stereocenters. The number of hydrogen-bond donors (Lipinski definition) is 0. The Morgan fingerprint density at radius 3 is 2.11 bits per heavy atom. The summed E-state index contributed by atoms with van der Waals surface area (Å²) >= 11 is 0. The van der Waals surface area contributed by atoms with Crippen LogP contribution in [-0.4, -0.2) is 5.78 Å². The van der Waals surface area contributed by atoms with Crippen LogP contribution in [0, 0.1) is 6.07 Å². The van der Waals surface area contributed by atoms with Crippen molar-refractivity contribution in [2.24, 2.45) is 0 Å². The van der Waals surface area contributed by atoms with Gasteiger partial charge in [-0.05, 0) is 24.1 Å². The van der Waals surface area contributed by atoms with E-state index >= 15 is 0 Å². The average Bonchev–Trinajstić information content (AvgIpc) is 2.38. The van der Waals surface area contributed by atoms with Gasteiger partial charge in [-0.3, -0.25) is 4.79 Å². The first-order valence-electron chi connectivity index (χ1n) is 5.51. The molecule has 0 spiro atoms. The number of allylic oxidation sites excluding steroid dienone is 1. The van der Waals surface area contributed by atoms with E-state index in [-0.39, 0.29) is 38.5 Å². The Hall–Kier alpha value is -1.05. The molecule has 0 heterocycles. The summed E-state index contributed by atoms with van der Waals surface area (Å²) in [5, 5.41) is 0. The van der Waals surface area contributed by atoms with Crippen molar-refractivity contribution in [3.05, 3.63) is 66.2 Å². The molecule has 0 saturated carbocycles. The Morgan fingerprint density at radius 2 is 1.56 bits per heavy atom. The van der Waals surface area contributed by atoms with Crippen LogP contribution in [0.4, 0.5) is 0 Å². The molecule has 2 heteroatoms. The van der Waals surface area contributed by atoms with E-state index in [2.05, 4.69) is 18.2 Å². The summed E-state index contributed by atoms with van der Waals surface area (Å²) in [6.07, 6.45) is 3.40. The van der Waals surface area contributed by atoms with Gasteiger partial charge in [-0.15, -0.1) is 5.56 Å². The summed E-state index contributed by atoms with van der Waals surface area (Å²) in [5.74, 6) is 0.0627. The van der Waals surface area contributed by atoms with Crippen LogP contribution in [0.5, 0.6) is 0 Å². The zero-order valence-corrected chi connectivity index (χ0v) is 13.1. The van der Waals surface area contributed by atoms with Crippen LogP contribution in [0.15, 0.2) is 54.6 Å². The van der Waals surface area contributed by atoms with Crippen LogP contribution >= 0.6 is 0 Å². The summed E-state index contributed by atoms with van der Waals surface area (Å²) in [5.41, 5.74) is 3.37. The van der Waals surface area contributed by atoms with Gasteiger partial charge in [0.1, 0.15) is 0 Å². The number of carbonyl (C=O) groups is 1. The molecule has 0 aliphatic heterocycles. The predicted molar refractivity (Wildman–Crippen MR) is 70.4 cm³/mol. The summed E-state index contributed by atoms with van der Waals surface area (Å²) in [4.78, 5) is 10.8. The zero-order chi connectivity index (χ0) is 12.1. The molecule has 0 aliphatic carbocycles. The van der Waals surface area contributed by atoms with E-state index in [9.17, 15) is 4.79 Å². The van der Waals surface area contributed by atoms with Crippen LogP contribution < -0.4 is 0 Å². The van der Waals surface area contributed by atoms with Crippen molar-refractivity contribution in [3.63, 3.8) is 0 Å². The summed E-state index contributed by atoms with van der Waals surface area (Å²) in [6.45, 7) is 1.55. The fourth-order valence-electron chi connectivity index (χ4n) is 1.58. The third kappa shape index (κ3) is 4.32. The maximum absolute atomic E-state index is 10.8. The van der Waals surface area contributed by atoms with Crippen LogP contribution in [-0.2, 0) is 37.5 Å². The minimum atomic E-state index is 0. The van der Waals surface area contributed by atoms with Gasteiger partial charge in [-0.2, -0.15) is 30.3 Å². The maximum Gasteiger partial charge on any atom is 0.152 e. The first-order chi connectivity index (χ1) is 8.25. The molecule has 87 valence electrons. The molecule has 0 unspecified atom stereocenters. The molecular weight excluding hydrogens is 297 g/mol. The third-order valence-corrected chi connectivity index (χ3v) is 2.47. The first-order valence-corrected chi connectivity index (χ1v) is 5.51. The minimum absolute atomic E-state index is 0. The van der Waals surface area contributed by atoms with Gasteiger partial charge in [0.25, 0.3) is 0 Å². The molecule has 0 aromatic heterocycles. The van der Waals surface area contributed by atoms with Crippen molar-refractivity contribution in [1.29, 1.82) is 0 Å². The summed E-state index contributed by atoms with van der Waals surface area (Å²) in [7, 11) is 0. The Balaban J connectivity index is 0.00000162. The van der Waals surface area contributed by atoms with Crippen molar-refractivity contribution in [3.8, 4) is 11.1 Å². The predicted octanol–water partition coefficient (Wildman–Crippen LogP) is 3.75. The fourth-order valence-corrected chi connectivity index (χ4v) is 1.58. The Labute approximate surface area is 133 Å². The van der Waals surface area contributed by atoms with Crippen molar-refractivity contribution in [1.82, 2.24) is 0 Å². The quantitative estimate of drug-likeness (QED) is 0.623. The number of rotatable bonds is 3. The summed E-state index contributed by atoms with van der Waals surface area (Å²) in [6, 6.07) is 19.0. The average molecular weight is 310 g/mol. The molecular formula is C16H13OY-. The van der Waals surface area contributed by atoms with Crippen LogP contribution in [0.25, 0.3) is 17.2 Å². The van der Waals surface area contributed by atoms with E-state index in [0.29, 0.717) is 0 Å². The van der Waals surface area contributed by atoms with Crippen molar-refractivity contribution >= 4 is 11.9 Å². The van der Waals surface area contributed by atoms with Crippen LogP contribution in [0.3, 0.4) is 0 Å². The van der Waals surface area contributed by atoms with Gasteiger partial charge >= 0.3 is 0 Å². The molecule has 2 aromatic rings. The Kier molecular flexibility index (Phi) is 6.17. The molecule has 0 saturated heterocycles. The number of hydrogen-bond acceptors (Lipinski definition) is 1. The van der Waals surface area contributed by atoms with Crippen molar-refractivity contribution < 1.29 is 37.5 Å². The van der Waals surface area contributed by atoms with Gasteiger partial charge in [0.05, 0.1) is 0 Å². The smallest absolute Gasteiger partial charge is 0.152 e. The van der Waals surface area contributed by atoms with Gasteiger partial charge < -0.3 is 0 Å². The van der Waals surface area contributed by atoms with Gasteiger partial charge in [0.2, 0.25) is 0 Å².